The molecule has 1 N–H and O–H groups in total. The Bertz CT molecular complexity index is 1470. The van der Waals surface area contributed by atoms with E-state index in [1.807, 2.05) is 48.7 Å². The molecule has 2 aliphatic rings. The van der Waals surface area contributed by atoms with Crippen molar-refractivity contribution in [3.05, 3.63) is 104 Å². The molecule has 6 rings (SSSR count). The molecule has 1 aromatic heterocycles. The summed E-state index contributed by atoms with van der Waals surface area (Å²) in [4.78, 5) is 4.64. The molecule has 4 aromatic rings. The van der Waals surface area contributed by atoms with Crippen LogP contribution in [0.1, 0.15) is 28.8 Å². The number of rotatable bonds is 3. The van der Waals surface area contributed by atoms with Gasteiger partial charge in [-0.2, -0.15) is 4.98 Å². The summed E-state index contributed by atoms with van der Waals surface area (Å²) in [6.07, 6.45) is 1.42. The number of fused-ring (bicyclic) bond motifs is 3. The normalized spacial score (nSPS) is 18.5. The molecule has 3 heterocycles. The Labute approximate surface area is 213 Å². The third-order valence-electron chi connectivity index (χ3n) is 5.95. The minimum absolute atomic E-state index is 0.321. The summed E-state index contributed by atoms with van der Waals surface area (Å²) in [5.41, 5.74) is 3.86. The second-order valence-corrected chi connectivity index (χ2v) is 10.1. The molecule has 0 saturated heterocycles. The molecule has 0 amide bonds. The average molecular weight is 556 g/mol. The van der Waals surface area contributed by atoms with Gasteiger partial charge in [-0.15, -0.1) is 5.10 Å². The molecule has 0 radical (unpaired) electrons. The fourth-order valence-electron chi connectivity index (χ4n) is 4.51. The van der Waals surface area contributed by atoms with E-state index in [4.69, 9.17) is 21.4 Å². The molecule has 0 fully saturated rings. The van der Waals surface area contributed by atoms with E-state index in [2.05, 4.69) is 26.2 Å². The van der Waals surface area contributed by atoms with Gasteiger partial charge in [0.25, 0.3) is 0 Å². The van der Waals surface area contributed by atoms with E-state index in [1.54, 1.807) is 22.9 Å². The highest BCUT2D eigenvalue weighted by Gasteiger charge is 2.42. The number of thioether (sulfide) groups is 1. The summed E-state index contributed by atoms with van der Waals surface area (Å²) in [7, 11) is 0. The Kier molecular flexibility index (Phi) is 5.39. The molecular formula is C25H17BrClFN4OS. The highest BCUT2D eigenvalue weighted by atomic mass is 79.9. The molecule has 34 heavy (non-hydrogen) atoms. The molecular weight excluding hydrogens is 539 g/mol. The van der Waals surface area contributed by atoms with E-state index < -0.39 is 12.1 Å². The minimum atomic E-state index is -0.572. The van der Waals surface area contributed by atoms with Gasteiger partial charge in [0.2, 0.25) is 11.1 Å². The quantitative estimate of drug-likeness (QED) is 0.273. The Morgan fingerprint density at radius 3 is 2.76 bits per heavy atom. The van der Waals surface area contributed by atoms with Crippen LogP contribution in [-0.4, -0.2) is 21.0 Å². The highest BCUT2D eigenvalue weighted by molar-refractivity contribution is 9.10. The summed E-state index contributed by atoms with van der Waals surface area (Å²) >= 11 is 11.4. The number of aromatic nitrogens is 3. The molecule has 0 aliphatic carbocycles. The molecule has 9 heteroatoms. The van der Waals surface area contributed by atoms with Gasteiger partial charge in [0, 0.05) is 26.2 Å². The van der Waals surface area contributed by atoms with Gasteiger partial charge in [0.1, 0.15) is 23.7 Å². The van der Waals surface area contributed by atoms with Gasteiger partial charge in [-0.05, 0) is 48.2 Å². The number of nitrogens with one attached hydrogen (secondary N) is 1. The SMILES string of the molecule is CSc1nc2n(n1)[C@H](c1ccccc1F)C1=C(N2)c2cc(Cl)ccc2O[C@H]1c1cccc(Br)c1. The van der Waals surface area contributed by atoms with E-state index in [1.165, 1.54) is 17.8 Å². The van der Waals surface area contributed by atoms with Gasteiger partial charge in [0.15, 0.2) is 0 Å². The van der Waals surface area contributed by atoms with Crippen LogP contribution in [0, 0.1) is 5.82 Å². The van der Waals surface area contributed by atoms with Crippen LogP contribution >= 0.6 is 39.3 Å². The van der Waals surface area contributed by atoms with Crippen LogP contribution in [0.3, 0.4) is 0 Å². The lowest BCUT2D eigenvalue weighted by Crippen LogP contribution is -2.32. The maximum absolute atomic E-state index is 15.3. The first-order valence-corrected chi connectivity index (χ1v) is 12.9. The Morgan fingerprint density at radius 1 is 1.12 bits per heavy atom. The topological polar surface area (TPSA) is 52.0 Å². The first-order chi connectivity index (χ1) is 16.5. The molecule has 170 valence electrons. The maximum atomic E-state index is 15.3. The van der Waals surface area contributed by atoms with Crippen LogP contribution in [0.2, 0.25) is 5.02 Å². The largest absolute Gasteiger partial charge is 0.480 e. The number of halogens is 3. The van der Waals surface area contributed by atoms with Crippen molar-refractivity contribution >= 4 is 50.9 Å². The maximum Gasteiger partial charge on any atom is 0.227 e. The smallest absolute Gasteiger partial charge is 0.227 e. The van der Waals surface area contributed by atoms with E-state index in [-0.39, 0.29) is 5.82 Å². The molecule has 0 unspecified atom stereocenters. The predicted octanol–water partition coefficient (Wildman–Crippen LogP) is 7.11. The van der Waals surface area contributed by atoms with Crippen molar-refractivity contribution in [1.29, 1.82) is 0 Å². The van der Waals surface area contributed by atoms with Crippen LogP contribution < -0.4 is 10.1 Å². The van der Waals surface area contributed by atoms with Gasteiger partial charge in [-0.25, -0.2) is 9.07 Å². The van der Waals surface area contributed by atoms with Gasteiger partial charge in [-0.3, -0.25) is 0 Å². The van der Waals surface area contributed by atoms with E-state index in [9.17, 15) is 0 Å². The Balaban J connectivity index is 1.67. The van der Waals surface area contributed by atoms with Crippen LogP contribution in [-0.2, 0) is 0 Å². The van der Waals surface area contributed by atoms with Crippen LogP contribution in [0.15, 0.2) is 81.9 Å². The summed E-state index contributed by atoms with van der Waals surface area (Å²) in [5.74, 6) is 0.904. The summed E-state index contributed by atoms with van der Waals surface area (Å²) in [6.45, 7) is 0. The number of benzene rings is 3. The van der Waals surface area contributed by atoms with E-state index >= 15 is 4.39 Å². The minimum Gasteiger partial charge on any atom is -0.480 e. The lowest BCUT2D eigenvalue weighted by Gasteiger charge is -2.39. The third-order valence-corrected chi connectivity index (χ3v) is 7.21. The molecule has 0 bridgehead atoms. The van der Waals surface area contributed by atoms with E-state index in [0.29, 0.717) is 27.4 Å². The van der Waals surface area contributed by atoms with Crippen LogP contribution in [0.4, 0.5) is 10.3 Å². The number of anilines is 1. The summed E-state index contributed by atoms with van der Waals surface area (Å²) in [6, 6.07) is 19.6. The lowest BCUT2D eigenvalue weighted by molar-refractivity contribution is 0.222. The van der Waals surface area contributed by atoms with Crippen molar-refractivity contribution in [3.8, 4) is 5.75 Å². The molecule has 5 nitrogen and oxygen atoms in total. The monoisotopic (exact) mass is 554 g/mol. The first kappa shape index (κ1) is 21.7. The summed E-state index contributed by atoms with van der Waals surface area (Å²) in [5, 5.41) is 9.32. The van der Waals surface area contributed by atoms with Crippen molar-refractivity contribution in [2.45, 2.75) is 17.3 Å². The fraction of sp³-hybridized carbons (Fsp3) is 0.120. The first-order valence-electron chi connectivity index (χ1n) is 10.5. The fourth-order valence-corrected chi connectivity index (χ4v) is 5.45. The van der Waals surface area contributed by atoms with Gasteiger partial charge in [0.05, 0.1) is 5.70 Å². The predicted molar refractivity (Wildman–Crippen MR) is 136 cm³/mol. The van der Waals surface area contributed by atoms with Gasteiger partial charge >= 0.3 is 0 Å². The van der Waals surface area contributed by atoms with Crippen molar-refractivity contribution < 1.29 is 9.13 Å². The summed E-state index contributed by atoms with van der Waals surface area (Å²) < 4.78 is 24.5. The molecule has 0 saturated carbocycles. The van der Waals surface area contributed by atoms with Crippen molar-refractivity contribution in [1.82, 2.24) is 14.8 Å². The number of ether oxygens (including phenoxy) is 1. The number of hydrogen-bond donors (Lipinski definition) is 1. The Hall–Kier alpha value is -2.81. The highest BCUT2D eigenvalue weighted by Crippen LogP contribution is 2.51. The van der Waals surface area contributed by atoms with Crippen LogP contribution in [0.25, 0.3) is 5.70 Å². The molecule has 2 aliphatic heterocycles. The van der Waals surface area contributed by atoms with Gasteiger partial charge < -0.3 is 10.1 Å². The second-order valence-electron chi connectivity index (χ2n) is 7.94. The van der Waals surface area contributed by atoms with Crippen LogP contribution in [0.5, 0.6) is 5.75 Å². The van der Waals surface area contributed by atoms with Crippen molar-refractivity contribution in [2.75, 3.05) is 11.6 Å². The third kappa shape index (κ3) is 3.52. The lowest BCUT2D eigenvalue weighted by atomic mass is 9.84. The van der Waals surface area contributed by atoms with E-state index in [0.717, 1.165) is 26.9 Å². The van der Waals surface area contributed by atoms with Crippen molar-refractivity contribution in [2.24, 2.45) is 0 Å². The zero-order valence-corrected chi connectivity index (χ0v) is 21.0. The molecule has 0 spiro atoms. The number of nitrogens with zero attached hydrogens (tertiary/aromatic N) is 3. The zero-order valence-electron chi connectivity index (χ0n) is 17.8. The Morgan fingerprint density at radius 2 is 1.97 bits per heavy atom. The van der Waals surface area contributed by atoms with Gasteiger partial charge in [-0.1, -0.05) is 69.6 Å². The molecule has 3 aromatic carbocycles. The average Bonchev–Trinajstić information content (AvgIpc) is 3.26. The zero-order chi connectivity index (χ0) is 23.4. The van der Waals surface area contributed by atoms with Crippen molar-refractivity contribution in [3.63, 3.8) is 0 Å². The number of hydrogen-bond acceptors (Lipinski definition) is 5. The molecule has 2 atom stereocenters. The standard InChI is InChI=1S/C25H17BrClFN4OS/c1-34-25-30-24-29-21-17-12-15(27)9-10-19(17)33-23(13-5-4-6-14(26)11-13)20(21)22(32(24)31-25)16-7-2-3-8-18(16)28/h2-12,22-23H,1H3,(H,29,30,31)/t22-,23+/m1/s1. The second kappa shape index (κ2) is 8.45.